The lowest BCUT2D eigenvalue weighted by molar-refractivity contribution is 0.104. The molecule has 0 amide bonds. The average molecular weight is 209 g/mol. The molecule has 13 heavy (non-hydrogen) atoms. The van der Waals surface area contributed by atoms with Crippen molar-refractivity contribution in [2.45, 2.75) is 6.92 Å². The van der Waals surface area contributed by atoms with Gasteiger partial charge in [-0.1, -0.05) is 0 Å². The first-order chi connectivity index (χ1) is 6.24. The second-order valence-corrected chi connectivity index (χ2v) is 4.41. The van der Waals surface area contributed by atoms with Crippen LogP contribution in [0.15, 0.2) is 11.4 Å². The van der Waals surface area contributed by atoms with Crippen LogP contribution in [0.1, 0.15) is 6.92 Å². The Morgan fingerprint density at radius 1 is 1.31 bits per heavy atom. The molecule has 3 N–H and O–H groups in total. The number of rotatable bonds is 7. The predicted octanol–water partition coefficient (Wildman–Crippen LogP) is -0.0173. The van der Waals surface area contributed by atoms with Gasteiger partial charge in [0.15, 0.2) is 5.41 Å². The molecule has 0 aromatic carbocycles. The first-order valence-corrected chi connectivity index (χ1v) is 5.78. The van der Waals surface area contributed by atoms with Crippen LogP contribution >= 0.6 is 0 Å². The van der Waals surface area contributed by atoms with Crippen LogP contribution in [0.3, 0.4) is 0 Å². The van der Waals surface area contributed by atoms with Crippen molar-refractivity contribution >= 4 is 10.9 Å². The maximum Gasteiger partial charge on any atom is 0.326 e. The highest BCUT2D eigenvalue weighted by Gasteiger charge is 2.16. The standard InChI is InChI=1S/C8H16O4S/c1-2-12-8(11)7-13(5-3-9)6-4-10/h7,9-10H,2-6H2,1H3/p+1/b8-7-. The molecule has 0 saturated heterocycles. The molecular weight excluding hydrogens is 192 g/mol. The molecule has 5 heteroatoms. The summed E-state index contributed by atoms with van der Waals surface area (Å²) in [6.07, 6.45) is 0. The van der Waals surface area contributed by atoms with Crippen LogP contribution in [0.2, 0.25) is 0 Å². The first kappa shape index (κ1) is 12.6. The van der Waals surface area contributed by atoms with Gasteiger partial charge in [-0.05, 0) is 6.92 Å². The van der Waals surface area contributed by atoms with Crippen LogP contribution in [-0.4, -0.2) is 46.6 Å². The van der Waals surface area contributed by atoms with E-state index in [9.17, 15) is 0 Å². The van der Waals surface area contributed by atoms with Crippen molar-refractivity contribution in [1.29, 1.82) is 0 Å². The molecule has 78 valence electrons. The van der Waals surface area contributed by atoms with E-state index in [4.69, 9.17) is 20.1 Å². The third-order valence-corrected chi connectivity index (χ3v) is 3.22. The third-order valence-electron chi connectivity index (χ3n) is 1.27. The van der Waals surface area contributed by atoms with Crippen LogP contribution in [0, 0.1) is 0 Å². The second-order valence-electron chi connectivity index (χ2n) is 2.28. The normalized spacial score (nSPS) is 12.2. The van der Waals surface area contributed by atoms with Gasteiger partial charge in [-0.25, -0.2) is 0 Å². The SMILES string of the molecule is CCO/C(O)=C\[S+](CCO)CCO. The van der Waals surface area contributed by atoms with Crippen molar-refractivity contribution in [3.8, 4) is 0 Å². The van der Waals surface area contributed by atoms with Gasteiger partial charge in [0.05, 0.1) is 19.8 Å². The van der Waals surface area contributed by atoms with Gasteiger partial charge in [0.25, 0.3) is 0 Å². The molecule has 0 aromatic heterocycles. The van der Waals surface area contributed by atoms with E-state index in [0.29, 0.717) is 18.1 Å². The van der Waals surface area contributed by atoms with Gasteiger partial charge >= 0.3 is 5.95 Å². The zero-order valence-corrected chi connectivity index (χ0v) is 8.59. The van der Waals surface area contributed by atoms with E-state index in [1.807, 2.05) is 0 Å². The molecule has 0 radical (unpaired) electrons. The van der Waals surface area contributed by atoms with E-state index in [1.54, 1.807) is 12.3 Å². The van der Waals surface area contributed by atoms with Crippen molar-refractivity contribution in [3.63, 3.8) is 0 Å². The fraction of sp³-hybridized carbons (Fsp3) is 0.750. The molecule has 0 aliphatic carbocycles. The number of aliphatic hydroxyl groups is 3. The molecule has 0 unspecified atom stereocenters. The number of aliphatic hydroxyl groups excluding tert-OH is 3. The second kappa shape index (κ2) is 8.22. The highest BCUT2D eigenvalue weighted by Crippen LogP contribution is 2.03. The van der Waals surface area contributed by atoms with Crippen LogP contribution < -0.4 is 0 Å². The molecular formula is C8H17O4S+. The lowest BCUT2D eigenvalue weighted by Crippen LogP contribution is -2.15. The Hall–Kier alpha value is -0.390. The Morgan fingerprint density at radius 3 is 2.23 bits per heavy atom. The summed E-state index contributed by atoms with van der Waals surface area (Å²) in [5.74, 6) is 0.989. The van der Waals surface area contributed by atoms with E-state index in [-0.39, 0.29) is 30.1 Å². The lowest BCUT2D eigenvalue weighted by atomic mass is 10.8. The molecule has 0 spiro atoms. The molecule has 0 aromatic rings. The van der Waals surface area contributed by atoms with E-state index < -0.39 is 0 Å². The van der Waals surface area contributed by atoms with Crippen LogP contribution in [0.4, 0.5) is 0 Å². The molecule has 0 aliphatic rings. The van der Waals surface area contributed by atoms with Gasteiger partial charge in [0.1, 0.15) is 11.5 Å². The van der Waals surface area contributed by atoms with Crippen LogP contribution in [0.25, 0.3) is 0 Å². The average Bonchev–Trinajstić information content (AvgIpc) is 2.05. The highest BCUT2D eigenvalue weighted by atomic mass is 32.2. The summed E-state index contributed by atoms with van der Waals surface area (Å²) in [5, 5.41) is 28.1. The van der Waals surface area contributed by atoms with Gasteiger partial charge in [-0.15, -0.1) is 0 Å². The zero-order chi connectivity index (χ0) is 10.1. The van der Waals surface area contributed by atoms with E-state index in [1.165, 1.54) is 0 Å². The highest BCUT2D eigenvalue weighted by molar-refractivity contribution is 7.99. The van der Waals surface area contributed by atoms with Gasteiger partial charge in [-0.3, -0.25) is 0 Å². The summed E-state index contributed by atoms with van der Waals surface area (Å²) < 4.78 is 4.83. The molecule has 0 heterocycles. The Balaban J connectivity index is 3.96. The summed E-state index contributed by atoms with van der Waals surface area (Å²) >= 11 is 0. The fourth-order valence-electron chi connectivity index (χ4n) is 0.779. The number of ether oxygens (including phenoxy) is 1. The summed E-state index contributed by atoms with van der Waals surface area (Å²) in [6.45, 7) is 2.30. The summed E-state index contributed by atoms with van der Waals surface area (Å²) in [7, 11) is -0.293. The molecule has 4 nitrogen and oxygen atoms in total. The Kier molecular flexibility index (Phi) is 7.97. The summed E-state index contributed by atoms with van der Waals surface area (Å²) in [6, 6.07) is 0. The fourth-order valence-corrected chi connectivity index (χ4v) is 2.04. The minimum Gasteiger partial charge on any atom is -0.478 e. The van der Waals surface area contributed by atoms with Gasteiger partial charge in [0.2, 0.25) is 0 Å². The predicted molar refractivity (Wildman–Crippen MR) is 53.6 cm³/mol. The monoisotopic (exact) mass is 209 g/mol. The summed E-state index contributed by atoms with van der Waals surface area (Å²) in [4.78, 5) is 0. The van der Waals surface area contributed by atoms with E-state index in [0.717, 1.165) is 0 Å². The minimum absolute atomic E-state index is 0.0546. The number of hydrogen-bond acceptors (Lipinski definition) is 4. The third kappa shape index (κ3) is 6.74. The zero-order valence-electron chi connectivity index (χ0n) is 7.77. The van der Waals surface area contributed by atoms with Crippen LogP contribution in [-0.2, 0) is 15.6 Å². The molecule has 0 saturated carbocycles. The van der Waals surface area contributed by atoms with Gasteiger partial charge < -0.3 is 20.1 Å². The van der Waals surface area contributed by atoms with E-state index >= 15 is 0 Å². The van der Waals surface area contributed by atoms with Crippen molar-refractivity contribution in [1.82, 2.24) is 0 Å². The Bertz CT molecular complexity index is 143. The number of hydrogen-bond donors (Lipinski definition) is 3. The smallest absolute Gasteiger partial charge is 0.326 e. The quantitative estimate of drug-likeness (QED) is 0.407. The van der Waals surface area contributed by atoms with Gasteiger partial charge in [0, 0.05) is 10.9 Å². The maximum atomic E-state index is 9.16. The van der Waals surface area contributed by atoms with Crippen molar-refractivity contribution in [3.05, 3.63) is 11.4 Å². The molecule has 0 rings (SSSR count). The Morgan fingerprint density at radius 2 is 1.85 bits per heavy atom. The van der Waals surface area contributed by atoms with E-state index in [2.05, 4.69) is 0 Å². The van der Waals surface area contributed by atoms with Crippen molar-refractivity contribution in [2.24, 2.45) is 0 Å². The van der Waals surface area contributed by atoms with Crippen LogP contribution in [0.5, 0.6) is 0 Å². The summed E-state index contributed by atoms with van der Waals surface area (Å²) in [5.41, 5.74) is 0. The minimum atomic E-state index is -0.293. The molecule has 0 aliphatic heterocycles. The topological polar surface area (TPSA) is 69.9 Å². The molecule has 0 fully saturated rings. The molecule has 0 bridgehead atoms. The maximum absolute atomic E-state index is 9.16. The first-order valence-electron chi connectivity index (χ1n) is 4.16. The van der Waals surface area contributed by atoms with Gasteiger partial charge in [-0.2, -0.15) is 0 Å². The van der Waals surface area contributed by atoms with Crippen molar-refractivity contribution in [2.75, 3.05) is 31.3 Å². The molecule has 0 atom stereocenters. The van der Waals surface area contributed by atoms with Crippen molar-refractivity contribution < 1.29 is 20.1 Å². The lowest BCUT2D eigenvalue weighted by Gasteiger charge is -2.02. The Labute approximate surface area is 81.2 Å². The largest absolute Gasteiger partial charge is 0.478 e.